The molecule has 2 aliphatic rings. The van der Waals surface area contributed by atoms with Crippen molar-refractivity contribution in [3.05, 3.63) is 35.9 Å². The quantitative estimate of drug-likeness (QED) is 0.801. The first-order valence-corrected chi connectivity index (χ1v) is 7.74. The number of piperazine rings is 2. The van der Waals surface area contributed by atoms with Gasteiger partial charge in [-0.25, -0.2) is 4.79 Å². The van der Waals surface area contributed by atoms with Gasteiger partial charge in [-0.3, -0.25) is 9.59 Å². The molecule has 1 aromatic rings. The Kier molecular flexibility index (Phi) is 4.18. The number of urea groups is 1. The third kappa shape index (κ3) is 3.13. The average molecular weight is 316 g/mol. The lowest BCUT2D eigenvalue weighted by molar-refractivity contribution is -0.151. The molecule has 0 saturated carbocycles. The zero-order valence-corrected chi connectivity index (χ0v) is 13.0. The fourth-order valence-corrected chi connectivity index (χ4v) is 2.96. The summed E-state index contributed by atoms with van der Waals surface area (Å²) < 4.78 is 0. The number of hydrogen-bond acceptors (Lipinski definition) is 3. The summed E-state index contributed by atoms with van der Waals surface area (Å²) >= 11 is 0. The highest BCUT2D eigenvalue weighted by atomic mass is 16.2. The second-order valence-electron chi connectivity index (χ2n) is 5.87. The standard InChI is InChI=1S/C16H20N4O3/c1-11-15(22)20-8-7-19(10-13(20)14(21)18-11)16(23)17-9-12-5-3-2-4-6-12/h2-6,11,13H,7-10H2,1H3,(H,17,23)(H,18,21)/t11-,13+/m0/s1. The minimum atomic E-state index is -0.588. The minimum Gasteiger partial charge on any atom is -0.343 e. The van der Waals surface area contributed by atoms with Crippen LogP contribution in [0.15, 0.2) is 30.3 Å². The molecule has 2 atom stereocenters. The van der Waals surface area contributed by atoms with E-state index >= 15 is 0 Å². The van der Waals surface area contributed by atoms with Crippen molar-refractivity contribution in [3.8, 4) is 0 Å². The molecular weight excluding hydrogens is 296 g/mol. The van der Waals surface area contributed by atoms with Gasteiger partial charge in [0.25, 0.3) is 0 Å². The van der Waals surface area contributed by atoms with Crippen LogP contribution in [0.4, 0.5) is 4.79 Å². The maximum absolute atomic E-state index is 12.3. The molecule has 4 amide bonds. The van der Waals surface area contributed by atoms with Crippen LogP contribution in [0.5, 0.6) is 0 Å². The molecule has 2 fully saturated rings. The summed E-state index contributed by atoms with van der Waals surface area (Å²) in [6.45, 7) is 3.16. The molecule has 23 heavy (non-hydrogen) atoms. The first-order chi connectivity index (χ1) is 11.1. The Hall–Kier alpha value is -2.57. The summed E-state index contributed by atoms with van der Waals surface area (Å²) in [5.41, 5.74) is 1.01. The van der Waals surface area contributed by atoms with E-state index in [0.29, 0.717) is 19.6 Å². The summed E-state index contributed by atoms with van der Waals surface area (Å²) in [7, 11) is 0. The lowest BCUT2D eigenvalue weighted by Gasteiger charge is -2.44. The molecule has 0 bridgehead atoms. The van der Waals surface area contributed by atoms with Crippen LogP contribution in [0, 0.1) is 0 Å². The molecule has 7 heteroatoms. The zero-order chi connectivity index (χ0) is 16.4. The molecule has 1 aromatic carbocycles. The number of carbonyl (C=O) groups is 3. The molecule has 2 heterocycles. The molecule has 0 spiro atoms. The topological polar surface area (TPSA) is 81.8 Å². The van der Waals surface area contributed by atoms with Crippen molar-refractivity contribution >= 4 is 17.8 Å². The van der Waals surface area contributed by atoms with Crippen molar-refractivity contribution in [2.24, 2.45) is 0 Å². The molecule has 122 valence electrons. The fraction of sp³-hybridized carbons (Fsp3) is 0.438. The van der Waals surface area contributed by atoms with Crippen molar-refractivity contribution in [2.45, 2.75) is 25.6 Å². The van der Waals surface area contributed by atoms with Crippen molar-refractivity contribution in [1.29, 1.82) is 0 Å². The second-order valence-corrected chi connectivity index (χ2v) is 5.87. The van der Waals surface area contributed by atoms with Crippen molar-refractivity contribution in [3.63, 3.8) is 0 Å². The van der Waals surface area contributed by atoms with Crippen LogP contribution >= 0.6 is 0 Å². The number of nitrogens with zero attached hydrogens (tertiary/aromatic N) is 2. The molecule has 3 rings (SSSR count). The van der Waals surface area contributed by atoms with E-state index in [9.17, 15) is 14.4 Å². The summed E-state index contributed by atoms with van der Waals surface area (Å²) in [5.74, 6) is -0.281. The van der Waals surface area contributed by atoms with Gasteiger partial charge in [0.05, 0.1) is 6.54 Å². The van der Waals surface area contributed by atoms with Gasteiger partial charge in [-0.05, 0) is 12.5 Å². The molecule has 2 N–H and O–H groups in total. The molecule has 0 radical (unpaired) electrons. The van der Waals surface area contributed by atoms with E-state index in [4.69, 9.17) is 0 Å². The van der Waals surface area contributed by atoms with Gasteiger partial charge < -0.3 is 20.4 Å². The van der Waals surface area contributed by atoms with Crippen molar-refractivity contribution < 1.29 is 14.4 Å². The average Bonchev–Trinajstić information content (AvgIpc) is 2.58. The number of carbonyl (C=O) groups excluding carboxylic acids is 3. The van der Waals surface area contributed by atoms with Gasteiger partial charge in [-0.15, -0.1) is 0 Å². The summed E-state index contributed by atoms with van der Waals surface area (Å²) in [5, 5.41) is 5.51. The highest BCUT2D eigenvalue weighted by Gasteiger charge is 2.42. The van der Waals surface area contributed by atoms with E-state index in [1.165, 1.54) is 0 Å². The van der Waals surface area contributed by atoms with Gasteiger partial charge in [-0.2, -0.15) is 0 Å². The Morgan fingerprint density at radius 2 is 2.00 bits per heavy atom. The first kappa shape index (κ1) is 15.3. The number of hydrogen-bond donors (Lipinski definition) is 2. The molecule has 0 aromatic heterocycles. The lowest BCUT2D eigenvalue weighted by atomic mass is 10.1. The number of rotatable bonds is 2. The summed E-state index contributed by atoms with van der Waals surface area (Å²) in [6, 6.07) is 8.34. The largest absolute Gasteiger partial charge is 0.343 e. The zero-order valence-electron chi connectivity index (χ0n) is 13.0. The van der Waals surface area contributed by atoms with Crippen LogP contribution in [0.25, 0.3) is 0 Å². The Balaban J connectivity index is 1.59. The van der Waals surface area contributed by atoms with Crippen LogP contribution in [0.3, 0.4) is 0 Å². The van der Waals surface area contributed by atoms with Gasteiger partial charge in [0, 0.05) is 19.6 Å². The smallest absolute Gasteiger partial charge is 0.317 e. The summed E-state index contributed by atoms with van der Waals surface area (Å²) in [4.78, 5) is 39.6. The summed E-state index contributed by atoms with van der Waals surface area (Å²) in [6.07, 6.45) is 0. The normalized spacial score (nSPS) is 24.0. The van der Waals surface area contributed by atoms with E-state index in [-0.39, 0.29) is 24.4 Å². The van der Waals surface area contributed by atoms with E-state index in [1.807, 2.05) is 30.3 Å². The SMILES string of the molecule is C[C@@H]1NC(=O)[C@H]2CN(C(=O)NCc3ccccc3)CCN2C1=O. The predicted octanol–water partition coefficient (Wildman–Crippen LogP) is -0.0727. The van der Waals surface area contributed by atoms with Gasteiger partial charge in [-0.1, -0.05) is 30.3 Å². The monoisotopic (exact) mass is 316 g/mol. The number of fused-ring (bicyclic) bond motifs is 1. The Bertz CT molecular complexity index is 619. The molecule has 0 aliphatic carbocycles. The predicted molar refractivity (Wildman–Crippen MR) is 83.4 cm³/mol. The maximum atomic E-state index is 12.3. The van der Waals surface area contributed by atoms with Gasteiger partial charge in [0.2, 0.25) is 11.8 Å². The van der Waals surface area contributed by atoms with E-state index in [0.717, 1.165) is 5.56 Å². The van der Waals surface area contributed by atoms with Crippen LogP contribution in [-0.4, -0.2) is 59.4 Å². The second kappa shape index (κ2) is 6.28. The maximum Gasteiger partial charge on any atom is 0.317 e. The Morgan fingerprint density at radius 1 is 1.26 bits per heavy atom. The van der Waals surface area contributed by atoms with Crippen LogP contribution in [0.1, 0.15) is 12.5 Å². The van der Waals surface area contributed by atoms with Crippen LogP contribution < -0.4 is 10.6 Å². The third-order valence-electron chi connectivity index (χ3n) is 4.27. The highest BCUT2D eigenvalue weighted by Crippen LogP contribution is 2.16. The Labute approximate surface area is 134 Å². The minimum absolute atomic E-state index is 0.0843. The number of amides is 4. The molecular formula is C16H20N4O3. The van der Waals surface area contributed by atoms with Crippen LogP contribution in [-0.2, 0) is 16.1 Å². The first-order valence-electron chi connectivity index (χ1n) is 7.74. The highest BCUT2D eigenvalue weighted by molar-refractivity contribution is 5.97. The van der Waals surface area contributed by atoms with Crippen LogP contribution in [0.2, 0.25) is 0 Å². The molecule has 7 nitrogen and oxygen atoms in total. The van der Waals surface area contributed by atoms with E-state index < -0.39 is 12.1 Å². The van der Waals surface area contributed by atoms with E-state index in [1.54, 1.807) is 16.7 Å². The van der Waals surface area contributed by atoms with Crippen molar-refractivity contribution in [2.75, 3.05) is 19.6 Å². The molecule has 0 unspecified atom stereocenters. The number of benzene rings is 1. The van der Waals surface area contributed by atoms with Gasteiger partial charge in [0.1, 0.15) is 12.1 Å². The lowest BCUT2D eigenvalue weighted by Crippen LogP contribution is -2.69. The van der Waals surface area contributed by atoms with Crippen molar-refractivity contribution in [1.82, 2.24) is 20.4 Å². The van der Waals surface area contributed by atoms with E-state index in [2.05, 4.69) is 10.6 Å². The Morgan fingerprint density at radius 3 is 2.74 bits per heavy atom. The fourth-order valence-electron chi connectivity index (χ4n) is 2.96. The van der Waals surface area contributed by atoms with Gasteiger partial charge in [0.15, 0.2) is 0 Å². The number of nitrogens with one attached hydrogen (secondary N) is 2. The molecule has 2 saturated heterocycles. The molecule has 2 aliphatic heterocycles. The third-order valence-corrected chi connectivity index (χ3v) is 4.27. The van der Waals surface area contributed by atoms with Gasteiger partial charge >= 0.3 is 6.03 Å².